The molecule has 1 saturated heterocycles. The summed E-state index contributed by atoms with van der Waals surface area (Å²) >= 11 is 0. The van der Waals surface area contributed by atoms with Crippen LogP contribution in [0.1, 0.15) is 38.2 Å². The summed E-state index contributed by atoms with van der Waals surface area (Å²) in [4.78, 5) is 2.55. The van der Waals surface area contributed by atoms with E-state index in [0.717, 1.165) is 11.3 Å². The molecule has 1 fully saturated rings. The maximum atomic E-state index is 13.1. The Kier molecular flexibility index (Phi) is 5.20. The number of benzene rings is 1. The minimum Gasteiger partial charge on any atom is -0.382 e. The molecule has 0 aromatic heterocycles. The largest absolute Gasteiger partial charge is 0.382 e. The molecule has 0 spiro atoms. The van der Waals surface area contributed by atoms with Crippen LogP contribution in [-0.4, -0.2) is 30.6 Å². The molecule has 0 aliphatic carbocycles. The van der Waals surface area contributed by atoms with Gasteiger partial charge in [0.2, 0.25) is 0 Å². The molecule has 1 aromatic rings. The van der Waals surface area contributed by atoms with Crippen molar-refractivity contribution in [2.45, 2.75) is 45.6 Å². The zero-order valence-electron chi connectivity index (χ0n) is 12.1. The van der Waals surface area contributed by atoms with Crippen LogP contribution in [0.5, 0.6) is 0 Å². The van der Waals surface area contributed by atoms with E-state index in [9.17, 15) is 4.39 Å². The van der Waals surface area contributed by atoms with E-state index in [1.54, 1.807) is 6.07 Å². The molecule has 19 heavy (non-hydrogen) atoms. The summed E-state index contributed by atoms with van der Waals surface area (Å²) < 4.78 is 13.1. The van der Waals surface area contributed by atoms with E-state index in [1.807, 2.05) is 13.0 Å². The molecule has 1 heterocycles. The van der Waals surface area contributed by atoms with Crippen molar-refractivity contribution in [2.24, 2.45) is 0 Å². The second kappa shape index (κ2) is 6.90. The third kappa shape index (κ3) is 4.20. The Morgan fingerprint density at radius 2 is 2.16 bits per heavy atom. The number of halogens is 1. The number of hydrogen-bond donors (Lipinski definition) is 1. The van der Waals surface area contributed by atoms with Gasteiger partial charge in [0.1, 0.15) is 5.82 Å². The van der Waals surface area contributed by atoms with E-state index in [0.29, 0.717) is 6.04 Å². The van der Waals surface area contributed by atoms with E-state index < -0.39 is 0 Å². The molecule has 0 bridgehead atoms. The van der Waals surface area contributed by atoms with Crippen LogP contribution in [0.2, 0.25) is 0 Å². The lowest BCUT2D eigenvalue weighted by Gasteiger charge is -2.21. The van der Waals surface area contributed by atoms with Crippen LogP contribution < -0.4 is 5.32 Å². The fourth-order valence-corrected chi connectivity index (χ4v) is 2.85. The molecular formula is C16H25FN2. The Labute approximate surface area is 116 Å². The third-order valence-corrected chi connectivity index (χ3v) is 3.91. The number of nitrogens with one attached hydrogen (secondary N) is 1. The molecule has 1 aliphatic rings. The Balaban J connectivity index is 1.92. The average molecular weight is 264 g/mol. The number of nitrogens with zero attached hydrogens (tertiary/aromatic N) is 1. The van der Waals surface area contributed by atoms with Gasteiger partial charge in [0.05, 0.1) is 0 Å². The molecular weight excluding hydrogens is 239 g/mol. The van der Waals surface area contributed by atoms with E-state index in [2.05, 4.69) is 17.1 Å². The van der Waals surface area contributed by atoms with Crippen molar-refractivity contribution in [3.05, 3.63) is 29.6 Å². The highest BCUT2D eigenvalue weighted by Gasteiger charge is 2.16. The van der Waals surface area contributed by atoms with Crippen LogP contribution in [-0.2, 0) is 0 Å². The van der Waals surface area contributed by atoms with Gasteiger partial charge in [-0.2, -0.15) is 0 Å². The second-order valence-corrected chi connectivity index (χ2v) is 5.57. The molecule has 0 saturated carbocycles. The van der Waals surface area contributed by atoms with Gasteiger partial charge in [-0.25, -0.2) is 4.39 Å². The maximum absolute atomic E-state index is 13.1. The van der Waals surface area contributed by atoms with Gasteiger partial charge in [-0.15, -0.1) is 0 Å². The molecule has 2 nitrogen and oxygen atoms in total. The first-order valence-electron chi connectivity index (χ1n) is 7.44. The standard InChI is InChI=1S/C16H25FN2/c1-3-9-19-10-4-5-15(8-11-19)18-16-7-6-14(17)12-13(16)2/h6-7,12,15,18H,3-5,8-11H2,1-2H3. The van der Waals surface area contributed by atoms with Crippen LogP contribution in [0, 0.1) is 12.7 Å². The second-order valence-electron chi connectivity index (χ2n) is 5.57. The summed E-state index contributed by atoms with van der Waals surface area (Å²) in [6, 6.07) is 5.52. The summed E-state index contributed by atoms with van der Waals surface area (Å²) in [7, 11) is 0. The van der Waals surface area contributed by atoms with E-state index in [1.165, 1.54) is 51.4 Å². The molecule has 1 N–H and O–H groups in total. The van der Waals surface area contributed by atoms with Gasteiger partial charge in [0, 0.05) is 18.3 Å². The first-order valence-corrected chi connectivity index (χ1v) is 7.44. The lowest BCUT2D eigenvalue weighted by atomic mass is 10.1. The van der Waals surface area contributed by atoms with Gasteiger partial charge in [-0.05, 0) is 69.5 Å². The van der Waals surface area contributed by atoms with Crippen LogP contribution in [0.25, 0.3) is 0 Å². The zero-order valence-corrected chi connectivity index (χ0v) is 12.1. The van der Waals surface area contributed by atoms with Gasteiger partial charge < -0.3 is 10.2 Å². The highest BCUT2D eigenvalue weighted by molar-refractivity contribution is 5.51. The van der Waals surface area contributed by atoms with E-state index in [4.69, 9.17) is 0 Å². The Hall–Kier alpha value is -1.09. The van der Waals surface area contributed by atoms with Crippen molar-refractivity contribution in [2.75, 3.05) is 25.0 Å². The van der Waals surface area contributed by atoms with Crippen molar-refractivity contribution < 1.29 is 4.39 Å². The van der Waals surface area contributed by atoms with Crippen molar-refractivity contribution in [3.8, 4) is 0 Å². The van der Waals surface area contributed by atoms with Crippen LogP contribution in [0.3, 0.4) is 0 Å². The van der Waals surface area contributed by atoms with Crippen molar-refractivity contribution in [3.63, 3.8) is 0 Å². The molecule has 106 valence electrons. The fraction of sp³-hybridized carbons (Fsp3) is 0.625. The third-order valence-electron chi connectivity index (χ3n) is 3.91. The van der Waals surface area contributed by atoms with Crippen molar-refractivity contribution in [1.29, 1.82) is 0 Å². The summed E-state index contributed by atoms with van der Waals surface area (Å²) in [6.45, 7) is 7.80. The Morgan fingerprint density at radius 3 is 2.89 bits per heavy atom. The molecule has 0 amide bonds. The molecule has 3 heteroatoms. The molecule has 2 rings (SSSR count). The molecule has 1 aliphatic heterocycles. The van der Waals surface area contributed by atoms with Gasteiger partial charge in [0.25, 0.3) is 0 Å². The van der Waals surface area contributed by atoms with Crippen LogP contribution in [0.4, 0.5) is 10.1 Å². The SMILES string of the molecule is CCCN1CCCC(Nc2ccc(F)cc2C)CC1. The van der Waals surface area contributed by atoms with Gasteiger partial charge in [0.15, 0.2) is 0 Å². The van der Waals surface area contributed by atoms with Crippen molar-refractivity contribution in [1.82, 2.24) is 4.90 Å². The van der Waals surface area contributed by atoms with Gasteiger partial charge in [-0.3, -0.25) is 0 Å². The lowest BCUT2D eigenvalue weighted by Crippen LogP contribution is -2.27. The summed E-state index contributed by atoms with van der Waals surface area (Å²) in [5, 5.41) is 3.59. The molecule has 0 radical (unpaired) electrons. The predicted octanol–water partition coefficient (Wildman–Crippen LogP) is 3.81. The molecule has 1 aromatic carbocycles. The number of hydrogen-bond acceptors (Lipinski definition) is 2. The molecule has 1 atom stereocenters. The summed E-state index contributed by atoms with van der Waals surface area (Å²) in [6.07, 6.45) is 4.86. The normalized spacial score (nSPS) is 21.1. The lowest BCUT2D eigenvalue weighted by molar-refractivity contribution is 0.285. The summed E-state index contributed by atoms with van der Waals surface area (Å²) in [5.74, 6) is -0.155. The number of anilines is 1. The van der Waals surface area contributed by atoms with Gasteiger partial charge in [-0.1, -0.05) is 6.92 Å². The van der Waals surface area contributed by atoms with Crippen molar-refractivity contribution >= 4 is 5.69 Å². The van der Waals surface area contributed by atoms with E-state index >= 15 is 0 Å². The topological polar surface area (TPSA) is 15.3 Å². The number of likely N-dealkylation sites (tertiary alicyclic amines) is 1. The average Bonchev–Trinajstić information content (AvgIpc) is 2.59. The number of rotatable bonds is 4. The highest BCUT2D eigenvalue weighted by atomic mass is 19.1. The minimum atomic E-state index is -0.155. The maximum Gasteiger partial charge on any atom is 0.123 e. The molecule has 1 unspecified atom stereocenters. The highest BCUT2D eigenvalue weighted by Crippen LogP contribution is 2.20. The quantitative estimate of drug-likeness (QED) is 0.889. The minimum absolute atomic E-state index is 0.155. The van der Waals surface area contributed by atoms with Crippen LogP contribution >= 0.6 is 0 Å². The first kappa shape index (κ1) is 14.3. The van der Waals surface area contributed by atoms with Crippen LogP contribution in [0.15, 0.2) is 18.2 Å². The Bertz CT molecular complexity index is 406. The Morgan fingerprint density at radius 1 is 1.32 bits per heavy atom. The summed E-state index contributed by atoms with van der Waals surface area (Å²) in [5.41, 5.74) is 2.07. The first-order chi connectivity index (χ1) is 9.19. The monoisotopic (exact) mass is 264 g/mol. The number of aryl methyl sites for hydroxylation is 1. The van der Waals surface area contributed by atoms with E-state index in [-0.39, 0.29) is 5.82 Å². The smallest absolute Gasteiger partial charge is 0.123 e. The zero-order chi connectivity index (χ0) is 13.7. The predicted molar refractivity (Wildman–Crippen MR) is 79.1 cm³/mol. The van der Waals surface area contributed by atoms with Gasteiger partial charge >= 0.3 is 0 Å². The fourth-order valence-electron chi connectivity index (χ4n) is 2.85.